The molecule has 35 heavy (non-hydrogen) atoms. The largest absolute Gasteiger partial charge is 0.508 e. The molecule has 0 aliphatic rings. The van der Waals surface area contributed by atoms with Crippen molar-refractivity contribution in [2.45, 2.75) is 37.4 Å². The summed E-state index contributed by atoms with van der Waals surface area (Å²) in [6, 6.07) is 10.9. The van der Waals surface area contributed by atoms with E-state index in [1.54, 1.807) is 18.3 Å². The number of thioether (sulfide) groups is 1. The summed E-state index contributed by atoms with van der Waals surface area (Å²) in [5.41, 5.74) is 8.56. The molecular formula is C25H30N4O5S. The molecular weight excluding hydrogens is 468 g/mol. The van der Waals surface area contributed by atoms with Gasteiger partial charge in [0.05, 0.1) is 6.04 Å². The van der Waals surface area contributed by atoms with Crippen LogP contribution in [0.4, 0.5) is 0 Å². The molecule has 0 bridgehead atoms. The number of hydrogen-bond acceptors (Lipinski definition) is 6. The first-order valence-electron chi connectivity index (χ1n) is 11.2. The van der Waals surface area contributed by atoms with E-state index in [0.29, 0.717) is 5.75 Å². The van der Waals surface area contributed by atoms with Crippen molar-refractivity contribution in [3.63, 3.8) is 0 Å². The second kappa shape index (κ2) is 12.3. The third kappa shape index (κ3) is 7.24. The lowest BCUT2D eigenvalue weighted by atomic mass is 10.0. The zero-order valence-electron chi connectivity index (χ0n) is 19.4. The van der Waals surface area contributed by atoms with E-state index in [4.69, 9.17) is 5.73 Å². The van der Waals surface area contributed by atoms with E-state index in [1.807, 2.05) is 30.5 Å². The van der Waals surface area contributed by atoms with Gasteiger partial charge in [0.15, 0.2) is 0 Å². The molecule has 3 atom stereocenters. The molecule has 0 radical (unpaired) electrons. The highest BCUT2D eigenvalue weighted by Crippen LogP contribution is 2.19. The standard InChI is InChI=1S/C25H30N4O5S/c1-35-11-10-21(25(33)34)28-24(32)22(13-16-14-27-20-5-3-2-4-18(16)20)29-23(31)19(26)12-15-6-8-17(30)9-7-15/h2-9,14,19,21-22,27,30H,10-13,26H2,1H3,(H,28,32)(H,29,31)(H,33,34). The van der Waals surface area contributed by atoms with E-state index < -0.39 is 35.9 Å². The summed E-state index contributed by atoms with van der Waals surface area (Å²) < 4.78 is 0. The number of benzene rings is 2. The minimum atomic E-state index is -1.13. The van der Waals surface area contributed by atoms with E-state index in [-0.39, 0.29) is 25.0 Å². The first-order chi connectivity index (χ1) is 16.8. The summed E-state index contributed by atoms with van der Waals surface area (Å²) in [6.07, 6.45) is 4.25. The predicted octanol–water partition coefficient (Wildman–Crippen LogP) is 1.79. The van der Waals surface area contributed by atoms with Gasteiger partial charge in [0.2, 0.25) is 11.8 Å². The van der Waals surface area contributed by atoms with Gasteiger partial charge in [0.25, 0.3) is 0 Å². The van der Waals surface area contributed by atoms with Crippen molar-refractivity contribution in [2.75, 3.05) is 12.0 Å². The van der Waals surface area contributed by atoms with Crippen LogP contribution < -0.4 is 16.4 Å². The number of carbonyl (C=O) groups excluding carboxylic acids is 2. The number of carboxylic acid groups (broad SMARTS) is 1. The number of phenols is 1. The maximum atomic E-state index is 13.2. The minimum Gasteiger partial charge on any atom is -0.508 e. The molecule has 0 aliphatic heterocycles. The second-order valence-electron chi connectivity index (χ2n) is 8.28. The van der Waals surface area contributed by atoms with Gasteiger partial charge in [-0.3, -0.25) is 9.59 Å². The van der Waals surface area contributed by atoms with Crippen LogP contribution in [0.2, 0.25) is 0 Å². The van der Waals surface area contributed by atoms with Gasteiger partial charge >= 0.3 is 5.97 Å². The lowest BCUT2D eigenvalue weighted by Crippen LogP contribution is -2.55. The molecule has 0 saturated carbocycles. The summed E-state index contributed by atoms with van der Waals surface area (Å²) >= 11 is 1.48. The van der Waals surface area contributed by atoms with Crippen LogP contribution in [0.15, 0.2) is 54.7 Å². The summed E-state index contributed by atoms with van der Waals surface area (Å²) in [6.45, 7) is 0. The van der Waals surface area contributed by atoms with Gasteiger partial charge in [0.1, 0.15) is 17.8 Å². The van der Waals surface area contributed by atoms with Crippen molar-refractivity contribution in [2.24, 2.45) is 5.73 Å². The van der Waals surface area contributed by atoms with E-state index in [1.165, 1.54) is 23.9 Å². The van der Waals surface area contributed by atoms with Crippen LogP contribution >= 0.6 is 11.8 Å². The monoisotopic (exact) mass is 498 g/mol. The first kappa shape index (κ1) is 26.1. The molecule has 1 heterocycles. The molecule has 0 spiro atoms. The van der Waals surface area contributed by atoms with Gasteiger partial charge in [-0.25, -0.2) is 4.79 Å². The molecule has 7 N–H and O–H groups in total. The number of phenolic OH excluding ortho intramolecular Hbond substituents is 1. The number of hydrogen-bond donors (Lipinski definition) is 6. The Morgan fingerprint density at radius 3 is 2.37 bits per heavy atom. The number of carbonyl (C=O) groups is 3. The number of aromatic nitrogens is 1. The maximum Gasteiger partial charge on any atom is 0.326 e. The Morgan fingerprint density at radius 2 is 1.69 bits per heavy atom. The Kier molecular flexibility index (Phi) is 9.16. The normalized spacial score (nSPS) is 13.7. The summed E-state index contributed by atoms with van der Waals surface area (Å²) in [4.78, 5) is 40.9. The third-order valence-corrected chi connectivity index (χ3v) is 6.33. The quantitative estimate of drug-likeness (QED) is 0.222. The number of rotatable bonds is 12. The van der Waals surface area contributed by atoms with Gasteiger partial charge < -0.3 is 31.6 Å². The van der Waals surface area contributed by atoms with Gasteiger partial charge in [0, 0.05) is 23.5 Å². The number of aliphatic carboxylic acids is 1. The fourth-order valence-corrected chi connectivity index (χ4v) is 4.22. The van der Waals surface area contributed by atoms with E-state index in [2.05, 4.69) is 15.6 Å². The highest BCUT2D eigenvalue weighted by Gasteiger charge is 2.28. The molecule has 9 nitrogen and oxygen atoms in total. The highest BCUT2D eigenvalue weighted by atomic mass is 32.2. The van der Waals surface area contributed by atoms with Crippen molar-refractivity contribution in [1.82, 2.24) is 15.6 Å². The fraction of sp³-hybridized carbons (Fsp3) is 0.320. The predicted molar refractivity (Wildman–Crippen MR) is 136 cm³/mol. The summed E-state index contributed by atoms with van der Waals surface area (Å²) in [5, 5.41) is 25.2. The van der Waals surface area contributed by atoms with Gasteiger partial charge in [-0.05, 0) is 54.2 Å². The van der Waals surface area contributed by atoms with Crippen molar-refractivity contribution in [1.29, 1.82) is 0 Å². The topological polar surface area (TPSA) is 158 Å². The maximum absolute atomic E-state index is 13.2. The molecule has 3 rings (SSSR count). The van der Waals surface area contributed by atoms with Crippen LogP contribution in [-0.4, -0.2) is 63.1 Å². The molecule has 2 aromatic carbocycles. The Bertz CT molecular complexity index is 1160. The van der Waals surface area contributed by atoms with Crippen LogP contribution in [0.25, 0.3) is 10.9 Å². The molecule has 0 aliphatic carbocycles. The van der Waals surface area contributed by atoms with Crippen LogP contribution in [0.3, 0.4) is 0 Å². The molecule has 0 fully saturated rings. The Morgan fingerprint density at radius 1 is 1.00 bits per heavy atom. The van der Waals surface area contributed by atoms with Crippen molar-refractivity contribution >= 4 is 40.4 Å². The van der Waals surface area contributed by atoms with E-state index >= 15 is 0 Å². The number of aromatic hydroxyl groups is 1. The van der Waals surface area contributed by atoms with Crippen LogP contribution in [-0.2, 0) is 27.2 Å². The fourth-order valence-electron chi connectivity index (χ4n) is 3.75. The summed E-state index contributed by atoms with van der Waals surface area (Å²) in [5.74, 6) is -1.58. The number of fused-ring (bicyclic) bond motifs is 1. The second-order valence-corrected chi connectivity index (χ2v) is 9.27. The van der Waals surface area contributed by atoms with E-state index in [9.17, 15) is 24.6 Å². The average molecular weight is 499 g/mol. The Hall–Kier alpha value is -3.50. The zero-order valence-corrected chi connectivity index (χ0v) is 20.2. The van der Waals surface area contributed by atoms with Crippen molar-refractivity contribution < 1.29 is 24.6 Å². The van der Waals surface area contributed by atoms with E-state index in [0.717, 1.165) is 22.0 Å². The van der Waals surface area contributed by atoms with Crippen molar-refractivity contribution in [3.05, 3.63) is 65.9 Å². The highest BCUT2D eigenvalue weighted by molar-refractivity contribution is 7.98. The molecule has 2 amide bonds. The van der Waals surface area contributed by atoms with Crippen LogP contribution in [0.5, 0.6) is 5.75 Å². The molecule has 186 valence electrons. The SMILES string of the molecule is CSCCC(NC(=O)C(Cc1c[nH]c2ccccc12)NC(=O)C(N)Cc1ccc(O)cc1)C(=O)O. The van der Waals surface area contributed by atoms with Gasteiger partial charge in [-0.2, -0.15) is 11.8 Å². The molecule has 10 heteroatoms. The molecule has 3 aromatic rings. The minimum absolute atomic E-state index is 0.108. The lowest BCUT2D eigenvalue weighted by molar-refractivity contribution is -0.142. The summed E-state index contributed by atoms with van der Waals surface area (Å²) in [7, 11) is 0. The van der Waals surface area contributed by atoms with Gasteiger partial charge in [-0.15, -0.1) is 0 Å². The molecule has 0 saturated heterocycles. The number of nitrogens with one attached hydrogen (secondary N) is 3. The smallest absolute Gasteiger partial charge is 0.326 e. The van der Waals surface area contributed by atoms with Crippen LogP contribution in [0.1, 0.15) is 17.5 Å². The average Bonchev–Trinajstić information content (AvgIpc) is 3.25. The molecule has 3 unspecified atom stereocenters. The number of para-hydroxylation sites is 1. The number of amides is 2. The van der Waals surface area contributed by atoms with Crippen LogP contribution in [0, 0.1) is 0 Å². The number of nitrogens with two attached hydrogens (primary N) is 1. The first-order valence-corrected chi connectivity index (χ1v) is 12.6. The van der Waals surface area contributed by atoms with Crippen molar-refractivity contribution in [3.8, 4) is 5.75 Å². The third-order valence-electron chi connectivity index (χ3n) is 5.69. The lowest BCUT2D eigenvalue weighted by Gasteiger charge is -2.23. The zero-order chi connectivity index (χ0) is 25.4. The van der Waals surface area contributed by atoms with Gasteiger partial charge in [-0.1, -0.05) is 30.3 Å². The Balaban J connectivity index is 1.77. The molecule has 1 aromatic heterocycles. The Labute approximate surface area is 207 Å². The number of carboxylic acids is 1. The number of aromatic amines is 1. The number of H-pyrrole nitrogens is 1.